The molecule has 3 aromatic carbocycles. The first-order valence-electron chi connectivity index (χ1n) is 18.0. The van der Waals surface area contributed by atoms with Crippen molar-refractivity contribution >= 4 is 47.9 Å². The van der Waals surface area contributed by atoms with E-state index in [0.29, 0.717) is 24.0 Å². The number of aromatic hydroxyl groups is 1. The minimum atomic E-state index is -3.01. The number of para-hydroxylation sites is 1. The highest BCUT2D eigenvalue weighted by Crippen LogP contribution is 2.47. The van der Waals surface area contributed by atoms with Gasteiger partial charge in [-0.1, -0.05) is 117 Å². The molecule has 0 unspecified atom stereocenters. The Morgan fingerprint density at radius 1 is 0.942 bits per heavy atom. The Labute approximate surface area is 312 Å². The number of aliphatic hydroxyl groups excluding tert-OH is 2. The van der Waals surface area contributed by atoms with Crippen LogP contribution in [0.5, 0.6) is 5.75 Å². The van der Waals surface area contributed by atoms with Gasteiger partial charge in [0.2, 0.25) is 11.8 Å². The molecule has 1 saturated heterocycles. The minimum absolute atomic E-state index is 0.151. The molecule has 1 aliphatic carbocycles. The molecule has 2 aliphatic rings. The number of fused-ring (bicyclic) bond motifs is 1. The molecule has 272 valence electrons. The molecule has 4 aromatic rings. The van der Waals surface area contributed by atoms with Crippen molar-refractivity contribution in [1.82, 2.24) is 4.90 Å². The number of imide groups is 1. The van der Waals surface area contributed by atoms with E-state index in [1.807, 2.05) is 79.0 Å². The second kappa shape index (κ2) is 15.9. The van der Waals surface area contributed by atoms with Crippen molar-refractivity contribution < 1.29 is 29.3 Å². The lowest BCUT2D eigenvalue weighted by molar-refractivity contribution is -0.140. The van der Waals surface area contributed by atoms with Crippen LogP contribution < -0.4 is 10.4 Å². The number of benzene rings is 3. The van der Waals surface area contributed by atoms with Crippen LogP contribution in [0.3, 0.4) is 0 Å². The Hall–Kier alpha value is -4.12. The topological polar surface area (TPSA) is 107 Å². The van der Waals surface area contributed by atoms with Crippen LogP contribution in [-0.2, 0) is 20.6 Å². The van der Waals surface area contributed by atoms with Crippen LogP contribution in [0.4, 0.5) is 0 Å². The number of phenols is 1. The van der Waals surface area contributed by atoms with Crippen LogP contribution in [0.2, 0.25) is 5.04 Å². The molecule has 0 bridgehead atoms. The van der Waals surface area contributed by atoms with Gasteiger partial charge in [-0.2, -0.15) is 0 Å². The summed E-state index contributed by atoms with van der Waals surface area (Å²) in [4.78, 5) is 30.4. The highest BCUT2D eigenvalue weighted by Gasteiger charge is 2.56. The van der Waals surface area contributed by atoms with Crippen LogP contribution in [0, 0.1) is 17.8 Å². The number of carbonyl (C=O) groups excluding carboxylic acids is 2. The number of allylic oxidation sites excluding steroid dienone is 1. The lowest BCUT2D eigenvalue weighted by Crippen LogP contribution is -2.66. The summed E-state index contributed by atoms with van der Waals surface area (Å²) < 4.78 is 7.36. The van der Waals surface area contributed by atoms with Gasteiger partial charge in [0, 0.05) is 16.4 Å². The van der Waals surface area contributed by atoms with Gasteiger partial charge in [0.1, 0.15) is 5.75 Å². The zero-order valence-electron chi connectivity index (χ0n) is 30.4. The molecule has 52 heavy (non-hydrogen) atoms. The van der Waals surface area contributed by atoms with Crippen LogP contribution in [0.15, 0.2) is 119 Å². The smallest absolute Gasteiger partial charge is 0.261 e. The first-order chi connectivity index (χ1) is 25.0. The zero-order chi connectivity index (χ0) is 37.0. The summed E-state index contributed by atoms with van der Waals surface area (Å²) in [6, 6.07) is 31.6. The van der Waals surface area contributed by atoms with Gasteiger partial charge in [0.15, 0.2) is 0 Å². The molecule has 7 nitrogen and oxygen atoms in total. The van der Waals surface area contributed by atoms with Gasteiger partial charge in [0.05, 0.1) is 37.7 Å². The number of carbonyl (C=O) groups is 2. The molecule has 1 aromatic heterocycles. The Balaban J connectivity index is 1.40. The molecule has 0 saturated carbocycles. The van der Waals surface area contributed by atoms with E-state index in [4.69, 9.17) is 4.43 Å². The van der Waals surface area contributed by atoms with Gasteiger partial charge in [-0.05, 0) is 70.3 Å². The van der Waals surface area contributed by atoms with Gasteiger partial charge in [-0.25, -0.2) is 0 Å². The predicted molar refractivity (Wildman–Crippen MR) is 210 cm³/mol. The Bertz CT molecular complexity index is 1880. The van der Waals surface area contributed by atoms with Crippen molar-refractivity contribution in [1.29, 1.82) is 0 Å². The Morgan fingerprint density at radius 3 is 2.15 bits per heavy atom. The number of rotatable bonds is 13. The van der Waals surface area contributed by atoms with Gasteiger partial charge in [-0.3, -0.25) is 14.5 Å². The van der Waals surface area contributed by atoms with Crippen molar-refractivity contribution in [2.75, 3.05) is 13.2 Å². The fraction of sp³-hybridized carbons (Fsp3) is 0.349. The molecule has 0 spiro atoms. The molecule has 4 atom stereocenters. The molecule has 0 radical (unpaired) electrons. The summed E-state index contributed by atoms with van der Waals surface area (Å²) in [6.45, 7) is 8.55. The predicted octanol–water partition coefficient (Wildman–Crippen LogP) is 6.68. The third-order valence-corrected chi connectivity index (χ3v) is 16.6. The molecule has 9 heteroatoms. The minimum Gasteiger partial charge on any atom is -0.507 e. The highest BCUT2D eigenvalue weighted by molar-refractivity contribution is 7.09. The van der Waals surface area contributed by atoms with Gasteiger partial charge < -0.3 is 19.7 Å². The first kappa shape index (κ1) is 37.6. The summed E-state index contributed by atoms with van der Waals surface area (Å²) in [5.41, 5.74) is 3.05. The lowest BCUT2D eigenvalue weighted by atomic mass is 9.68. The van der Waals surface area contributed by atoms with Crippen molar-refractivity contribution in [3.05, 3.63) is 130 Å². The van der Waals surface area contributed by atoms with Gasteiger partial charge in [-0.15, -0.1) is 11.3 Å². The number of thiophene rings is 1. The maximum absolute atomic E-state index is 14.1. The van der Waals surface area contributed by atoms with Crippen molar-refractivity contribution in [2.24, 2.45) is 17.8 Å². The molecule has 1 aliphatic heterocycles. The third-order valence-electron chi connectivity index (χ3n) is 10.8. The normalized spacial score (nSPS) is 20.4. The molecule has 6 rings (SSSR count). The maximum Gasteiger partial charge on any atom is 0.261 e. The summed E-state index contributed by atoms with van der Waals surface area (Å²) in [5, 5.41) is 37.3. The maximum atomic E-state index is 14.1. The summed E-state index contributed by atoms with van der Waals surface area (Å²) in [6.07, 6.45) is 2.04. The molecule has 2 heterocycles. The Kier molecular flexibility index (Phi) is 11.5. The number of aliphatic hydroxyl groups is 2. The zero-order valence-corrected chi connectivity index (χ0v) is 32.2. The van der Waals surface area contributed by atoms with Crippen molar-refractivity contribution in [2.45, 2.75) is 64.6 Å². The van der Waals surface area contributed by atoms with E-state index in [1.165, 1.54) is 16.2 Å². The van der Waals surface area contributed by atoms with Crippen molar-refractivity contribution in [3.8, 4) is 5.75 Å². The van der Waals surface area contributed by atoms with Crippen LogP contribution >= 0.6 is 11.3 Å². The van der Waals surface area contributed by atoms with E-state index in [-0.39, 0.29) is 48.8 Å². The second-order valence-electron chi connectivity index (χ2n) is 15.1. The van der Waals surface area contributed by atoms with Crippen LogP contribution in [0.25, 0.3) is 6.08 Å². The van der Waals surface area contributed by atoms with E-state index in [9.17, 15) is 24.9 Å². The SMILES string of the molecule is C/C(=C\c1ccccc1O)CC[C@@H](O)C1=C(CO[Si](c2ccccc2)(c2ccccc2)C(C)(C)C)C[C@H]2C(=O)N(Cc3cccs3)C(=O)[C@H]2[C@H]1CO. The molecule has 3 N–H and O–H groups in total. The number of phenolic OH excluding ortho intramolecular Hbond substituents is 1. The summed E-state index contributed by atoms with van der Waals surface area (Å²) in [7, 11) is -3.01. The summed E-state index contributed by atoms with van der Waals surface area (Å²) in [5.74, 6) is -2.51. The van der Waals surface area contributed by atoms with E-state index >= 15 is 0 Å². The van der Waals surface area contributed by atoms with E-state index in [0.717, 1.165) is 26.4 Å². The number of amides is 2. The molecule has 2 amide bonds. The number of nitrogens with zero attached hydrogens (tertiary/aromatic N) is 1. The fourth-order valence-corrected chi connectivity index (χ4v) is 13.5. The van der Waals surface area contributed by atoms with Crippen molar-refractivity contribution in [3.63, 3.8) is 0 Å². The van der Waals surface area contributed by atoms with Crippen LogP contribution in [0.1, 0.15) is 57.4 Å². The average Bonchev–Trinajstić information content (AvgIpc) is 3.74. The number of hydrogen-bond donors (Lipinski definition) is 3. The van der Waals surface area contributed by atoms with Gasteiger partial charge in [0.25, 0.3) is 8.32 Å². The number of hydrogen-bond acceptors (Lipinski definition) is 7. The molecule has 1 fully saturated rings. The van der Waals surface area contributed by atoms with E-state index < -0.39 is 32.2 Å². The van der Waals surface area contributed by atoms with E-state index in [2.05, 4.69) is 45.0 Å². The largest absolute Gasteiger partial charge is 0.507 e. The highest BCUT2D eigenvalue weighted by atomic mass is 32.1. The average molecular weight is 736 g/mol. The molecular formula is C43H49NO6SSi. The standard InChI is InChI=1S/C43H49NO6SSi/c1-29(24-30-14-11-12-20-37(30)46)21-22-38(47)39-31(25-35-40(36(39)27-45)42(49)44(41(35)48)26-32-15-13-23-51-32)28-50-52(43(2,3)4,33-16-7-5-8-17-33)34-18-9-6-10-19-34/h5-20,23-24,35-36,38,40,45-47H,21-22,25-28H2,1-4H3/b29-24+/t35-,36+,38-,40-/m1/s1. The van der Waals surface area contributed by atoms with E-state index in [1.54, 1.807) is 12.1 Å². The summed E-state index contributed by atoms with van der Waals surface area (Å²) >= 11 is 1.50. The van der Waals surface area contributed by atoms with Crippen LogP contribution in [-0.4, -0.2) is 59.7 Å². The first-order valence-corrected chi connectivity index (χ1v) is 20.8. The number of likely N-dealkylation sites (tertiary alicyclic amines) is 1. The second-order valence-corrected chi connectivity index (χ2v) is 20.4. The molecular weight excluding hydrogens is 687 g/mol. The monoisotopic (exact) mass is 735 g/mol. The lowest BCUT2D eigenvalue weighted by Gasteiger charge is -2.44. The van der Waals surface area contributed by atoms with Gasteiger partial charge >= 0.3 is 0 Å². The Morgan fingerprint density at radius 2 is 1.58 bits per heavy atom. The third kappa shape index (κ3) is 7.38. The fourth-order valence-electron chi connectivity index (χ4n) is 8.30. The quantitative estimate of drug-likeness (QED) is 0.0804.